The van der Waals surface area contributed by atoms with Crippen LogP contribution < -0.4 is 15.0 Å². The fraction of sp³-hybridized carbons (Fsp3) is 0.462. The minimum Gasteiger partial charge on any atom is -0.495 e. The van der Waals surface area contributed by atoms with E-state index in [1.807, 2.05) is 7.05 Å². The second kappa shape index (κ2) is 7.24. The van der Waals surface area contributed by atoms with E-state index in [1.54, 1.807) is 37.3 Å². The largest absolute Gasteiger partial charge is 0.495 e. The van der Waals surface area contributed by atoms with Crippen LogP contribution in [0.1, 0.15) is 12.8 Å². The number of rotatable bonds is 6. The third-order valence-electron chi connectivity index (χ3n) is 2.69. The van der Waals surface area contributed by atoms with Crippen molar-refractivity contribution in [1.29, 1.82) is 0 Å². The highest BCUT2D eigenvalue weighted by Gasteiger charge is 2.15. The Morgan fingerprint density at radius 1 is 1.50 bits per heavy atom. The smallest absolute Gasteiger partial charge is 0.226 e. The molecule has 0 atom stereocenters. The van der Waals surface area contributed by atoms with Crippen LogP contribution >= 0.6 is 11.6 Å². The summed E-state index contributed by atoms with van der Waals surface area (Å²) in [5, 5.41) is 3.60. The molecule has 100 valence electrons. The van der Waals surface area contributed by atoms with E-state index in [4.69, 9.17) is 16.3 Å². The SMILES string of the molecule is CNCCCC(=O)N(C)c1cc(Cl)ccc1OC. The number of amides is 1. The van der Waals surface area contributed by atoms with Crippen molar-refractivity contribution in [2.45, 2.75) is 12.8 Å². The lowest BCUT2D eigenvalue weighted by atomic mass is 10.2. The van der Waals surface area contributed by atoms with Crippen LogP contribution in [0.25, 0.3) is 0 Å². The molecule has 0 aliphatic heterocycles. The molecule has 0 saturated carbocycles. The lowest BCUT2D eigenvalue weighted by Crippen LogP contribution is -2.27. The number of halogens is 1. The van der Waals surface area contributed by atoms with E-state index in [0.29, 0.717) is 22.9 Å². The minimum absolute atomic E-state index is 0.0471. The summed E-state index contributed by atoms with van der Waals surface area (Å²) < 4.78 is 5.23. The Balaban J connectivity index is 2.78. The fourth-order valence-electron chi connectivity index (χ4n) is 1.64. The first-order valence-corrected chi connectivity index (χ1v) is 6.22. The fourth-order valence-corrected chi connectivity index (χ4v) is 1.81. The van der Waals surface area contributed by atoms with Crippen LogP contribution in [0.4, 0.5) is 5.69 Å². The highest BCUT2D eigenvalue weighted by atomic mass is 35.5. The first kappa shape index (κ1) is 14.8. The summed E-state index contributed by atoms with van der Waals surface area (Å²) in [6.45, 7) is 0.826. The van der Waals surface area contributed by atoms with Gasteiger partial charge in [0.1, 0.15) is 5.75 Å². The third kappa shape index (κ3) is 3.89. The third-order valence-corrected chi connectivity index (χ3v) is 2.93. The van der Waals surface area contributed by atoms with Crippen LogP contribution in [0.2, 0.25) is 5.02 Å². The van der Waals surface area contributed by atoms with Gasteiger partial charge in [0.25, 0.3) is 0 Å². The summed E-state index contributed by atoms with van der Waals surface area (Å²) in [5.41, 5.74) is 0.694. The van der Waals surface area contributed by atoms with E-state index >= 15 is 0 Å². The lowest BCUT2D eigenvalue weighted by molar-refractivity contribution is -0.118. The molecule has 5 heteroatoms. The van der Waals surface area contributed by atoms with Gasteiger partial charge in [-0.2, -0.15) is 0 Å². The average molecular weight is 271 g/mol. The summed E-state index contributed by atoms with van der Waals surface area (Å²) in [7, 11) is 5.18. The minimum atomic E-state index is 0.0471. The van der Waals surface area contributed by atoms with Crippen molar-refractivity contribution in [2.24, 2.45) is 0 Å². The number of anilines is 1. The average Bonchev–Trinajstić information content (AvgIpc) is 2.38. The van der Waals surface area contributed by atoms with E-state index < -0.39 is 0 Å². The normalized spacial score (nSPS) is 10.2. The topological polar surface area (TPSA) is 41.6 Å². The monoisotopic (exact) mass is 270 g/mol. The molecule has 18 heavy (non-hydrogen) atoms. The maximum Gasteiger partial charge on any atom is 0.226 e. The molecule has 1 amide bonds. The van der Waals surface area contributed by atoms with E-state index in [-0.39, 0.29) is 5.91 Å². The Labute approximate surface area is 113 Å². The lowest BCUT2D eigenvalue weighted by Gasteiger charge is -2.20. The molecule has 0 heterocycles. The highest BCUT2D eigenvalue weighted by molar-refractivity contribution is 6.31. The van der Waals surface area contributed by atoms with E-state index in [1.165, 1.54) is 0 Å². The molecule has 0 radical (unpaired) electrons. The standard InChI is InChI=1S/C13H19ClN2O2/c1-15-8-4-5-13(17)16(2)11-9-10(14)6-7-12(11)18-3/h6-7,9,15H,4-5,8H2,1-3H3. The molecule has 1 aromatic rings. The van der Waals surface area contributed by atoms with Gasteiger partial charge >= 0.3 is 0 Å². The molecular formula is C13H19ClN2O2. The first-order chi connectivity index (χ1) is 8.60. The zero-order chi connectivity index (χ0) is 13.5. The summed E-state index contributed by atoms with van der Waals surface area (Å²) in [5.74, 6) is 0.690. The Kier molecular flexibility index (Phi) is 5.95. The molecule has 0 aliphatic rings. The second-order valence-electron chi connectivity index (χ2n) is 3.98. The van der Waals surface area contributed by atoms with Crippen LogP contribution in [0.15, 0.2) is 18.2 Å². The van der Waals surface area contributed by atoms with Crippen molar-refractivity contribution in [3.8, 4) is 5.75 Å². The molecule has 0 fully saturated rings. The molecule has 0 aliphatic carbocycles. The van der Waals surface area contributed by atoms with E-state index in [0.717, 1.165) is 13.0 Å². The van der Waals surface area contributed by atoms with Crippen LogP contribution in [0, 0.1) is 0 Å². The molecule has 0 saturated heterocycles. The van der Waals surface area contributed by atoms with Crippen molar-refractivity contribution in [3.63, 3.8) is 0 Å². The van der Waals surface area contributed by atoms with Crippen molar-refractivity contribution in [1.82, 2.24) is 5.32 Å². The van der Waals surface area contributed by atoms with Gasteiger partial charge in [0.15, 0.2) is 0 Å². The number of carbonyl (C=O) groups is 1. The Morgan fingerprint density at radius 2 is 2.22 bits per heavy atom. The highest BCUT2D eigenvalue weighted by Crippen LogP contribution is 2.30. The van der Waals surface area contributed by atoms with Crippen molar-refractivity contribution in [2.75, 3.05) is 32.6 Å². The zero-order valence-corrected chi connectivity index (χ0v) is 11.8. The maximum atomic E-state index is 12.0. The maximum absolute atomic E-state index is 12.0. The second-order valence-corrected chi connectivity index (χ2v) is 4.41. The zero-order valence-electron chi connectivity index (χ0n) is 11.0. The van der Waals surface area contributed by atoms with Crippen molar-refractivity contribution >= 4 is 23.2 Å². The number of nitrogens with zero attached hydrogens (tertiary/aromatic N) is 1. The number of ether oxygens (including phenoxy) is 1. The molecule has 0 aromatic heterocycles. The van der Waals surface area contributed by atoms with Gasteiger partial charge in [-0.3, -0.25) is 4.79 Å². The molecule has 1 rings (SSSR count). The molecule has 0 bridgehead atoms. The summed E-state index contributed by atoms with van der Waals surface area (Å²) >= 11 is 5.95. The number of hydrogen-bond acceptors (Lipinski definition) is 3. The quantitative estimate of drug-likeness (QED) is 0.807. The molecule has 0 unspecified atom stereocenters. The van der Waals surface area contributed by atoms with E-state index in [2.05, 4.69) is 5.32 Å². The van der Waals surface area contributed by atoms with Crippen LogP contribution in [-0.2, 0) is 4.79 Å². The number of hydrogen-bond donors (Lipinski definition) is 1. The van der Waals surface area contributed by atoms with Crippen LogP contribution in [0.5, 0.6) is 5.75 Å². The summed E-state index contributed by atoms with van der Waals surface area (Å²) in [6, 6.07) is 5.23. The van der Waals surface area contributed by atoms with Crippen molar-refractivity contribution in [3.05, 3.63) is 23.2 Å². The van der Waals surface area contributed by atoms with E-state index in [9.17, 15) is 4.79 Å². The molecule has 1 aromatic carbocycles. The van der Waals surface area contributed by atoms with Gasteiger partial charge in [-0.15, -0.1) is 0 Å². The number of nitrogens with one attached hydrogen (secondary N) is 1. The molecule has 1 N–H and O–H groups in total. The number of methoxy groups -OCH3 is 1. The van der Waals surface area contributed by atoms with Gasteiger partial charge < -0.3 is 15.0 Å². The van der Waals surface area contributed by atoms with Gasteiger partial charge in [0.2, 0.25) is 5.91 Å². The summed E-state index contributed by atoms with van der Waals surface area (Å²) in [6.07, 6.45) is 1.30. The van der Waals surface area contributed by atoms with Gasteiger partial charge in [-0.05, 0) is 38.2 Å². The van der Waals surface area contributed by atoms with Gasteiger partial charge in [0, 0.05) is 18.5 Å². The Bertz CT molecular complexity index is 410. The first-order valence-electron chi connectivity index (χ1n) is 5.85. The molecular weight excluding hydrogens is 252 g/mol. The molecule has 0 spiro atoms. The Morgan fingerprint density at radius 3 is 2.83 bits per heavy atom. The van der Waals surface area contributed by atoms with Gasteiger partial charge in [0.05, 0.1) is 12.8 Å². The number of carbonyl (C=O) groups excluding carboxylic acids is 1. The van der Waals surface area contributed by atoms with Gasteiger partial charge in [-0.1, -0.05) is 11.6 Å². The van der Waals surface area contributed by atoms with Gasteiger partial charge in [-0.25, -0.2) is 0 Å². The molecule has 4 nitrogen and oxygen atoms in total. The van der Waals surface area contributed by atoms with Crippen molar-refractivity contribution < 1.29 is 9.53 Å². The number of benzene rings is 1. The predicted molar refractivity (Wildman–Crippen MR) is 74.6 cm³/mol. The van der Waals surface area contributed by atoms with Crippen LogP contribution in [-0.4, -0.2) is 33.7 Å². The predicted octanol–water partition coefficient (Wildman–Crippen LogP) is 2.31. The van der Waals surface area contributed by atoms with Crippen LogP contribution in [0.3, 0.4) is 0 Å². The Hall–Kier alpha value is -1.26. The summed E-state index contributed by atoms with van der Waals surface area (Å²) in [4.78, 5) is 13.6.